The Bertz CT molecular complexity index is 1460. The Balaban J connectivity index is 1.70. The fraction of sp³-hybridized carbons (Fsp3) is 0.323. The van der Waals surface area contributed by atoms with Gasteiger partial charge in [0.15, 0.2) is 11.3 Å². The maximum Gasteiger partial charge on any atom is 0.172 e. The highest BCUT2D eigenvalue weighted by molar-refractivity contribution is 6.32. The lowest BCUT2D eigenvalue weighted by Gasteiger charge is -2.24. The quantitative estimate of drug-likeness (QED) is 0.397. The molecule has 0 atom stereocenters. The molecule has 5 nitrogen and oxygen atoms in total. The van der Waals surface area contributed by atoms with Gasteiger partial charge in [-0.05, 0) is 62.0 Å². The fourth-order valence-corrected chi connectivity index (χ4v) is 5.67. The summed E-state index contributed by atoms with van der Waals surface area (Å²) in [6, 6.07) is 14.2. The Morgan fingerprint density at radius 3 is 2.38 bits per heavy atom. The van der Waals surface area contributed by atoms with Gasteiger partial charge in [-0.15, -0.1) is 0 Å². The maximum atomic E-state index is 9.78. The molecule has 2 heterocycles. The van der Waals surface area contributed by atoms with Crippen LogP contribution in [0.1, 0.15) is 52.5 Å². The molecular formula is C31H29ClN4O. The minimum atomic E-state index is -0.853. The molecule has 6 heteroatoms. The van der Waals surface area contributed by atoms with Crippen LogP contribution in [0, 0.1) is 34.0 Å². The molecule has 1 aliphatic carbocycles. The summed E-state index contributed by atoms with van der Waals surface area (Å²) in [5.41, 5.74) is 5.47. The van der Waals surface area contributed by atoms with Crippen LogP contribution in [0.4, 0.5) is 5.69 Å². The molecule has 2 aliphatic heterocycles. The number of likely N-dealkylation sites (N-methyl/N-ethyl adjacent to an activating group) is 1. The van der Waals surface area contributed by atoms with Crippen molar-refractivity contribution in [2.75, 3.05) is 11.9 Å². The fourth-order valence-electron chi connectivity index (χ4n) is 5.36. The highest BCUT2D eigenvalue weighted by Crippen LogP contribution is 2.47. The van der Waals surface area contributed by atoms with Crippen LogP contribution in [0.2, 0.25) is 0 Å². The second-order valence-corrected chi connectivity index (χ2v) is 10.8. The van der Waals surface area contributed by atoms with Crippen LogP contribution in [-0.2, 0) is 10.2 Å². The van der Waals surface area contributed by atoms with Crippen molar-refractivity contribution in [1.29, 1.82) is 15.8 Å². The highest BCUT2D eigenvalue weighted by atomic mass is 35.5. The Hall–Kier alpha value is -3.98. The molecule has 0 unspecified atom stereocenters. The van der Waals surface area contributed by atoms with E-state index in [1.165, 1.54) is 16.9 Å². The van der Waals surface area contributed by atoms with Gasteiger partial charge in [0.2, 0.25) is 0 Å². The van der Waals surface area contributed by atoms with Crippen molar-refractivity contribution >= 4 is 17.3 Å². The zero-order chi connectivity index (χ0) is 27.0. The maximum absolute atomic E-state index is 9.78. The molecule has 0 spiro atoms. The molecular weight excluding hydrogens is 480 g/mol. The van der Waals surface area contributed by atoms with E-state index < -0.39 is 5.60 Å². The zero-order valence-electron chi connectivity index (χ0n) is 21.8. The van der Waals surface area contributed by atoms with E-state index in [-0.39, 0.29) is 22.3 Å². The smallest absolute Gasteiger partial charge is 0.172 e. The molecule has 0 bridgehead atoms. The van der Waals surface area contributed by atoms with E-state index in [0.29, 0.717) is 5.57 Å². The van der Waals surface area contributed by atoms with Crippen molar-refractivity contribution in [1.82, 2.24) is 0 Å². The Morgan fingerprint density at radius 1 is 1.03 bits per heavy atom. The minimum Gasteiger partial charge on any atom is -0.480 e. The van der Waals surface area contributed by atoms with E-state index in [1.54, 1.807) is 0 Å². The molecule has 0 N–H and O–H groups in total. The molecule has 0 fully saturated rings. The van der Waals surface area contributed by atoms with Gasteiger partial charge in [-0.3, -0.25) is 0 Å². The number of nitrogens with zero attached hydrogens (tertiary/aromatic N) is 4. The van der Waals surface area contributed by atoms with Gasteiger partial charge in [0.1, 0.15) is 29.4 Å². The van der Waals surface area contributed by atoms with E-state index in [0.717, 1.165) is 35.4 Å². The van der Waals surface area contributed by atoms with Crippen LogP contribution in [0.5, 0.6) is 0 Å². The van der Waals surface area contributed by atoms with Crippen LogP contribution in [0.15, 0.2) is 92.9 Å². The average Bonchev–Trinajstić information content (AvgIpc) is 3.24. The first-order valence-electron chi connectivity index (χ1n) is 12.3. The number of hydrogen-bond donors (Lipinski definition) is 0. The van der Waals surface area contributed by atoms with Crippen LogP contribution < -0.4 is 4.90 Å². The predicted molar refractivity (Wildman–Crippen MR) is 146 cm³/mol. The molecule has 186 valence electrons. The molecule has 0 saturated carbocycles. The molecule has 37 heavy (non-hydrogen) atoms. The summed E-state index contributed by atoms with van der Waals surface area (Å²) < 4.78 is 5.86. The number of fused-ring (bicyclic) bond motifs is 1. The number of hydrogen-bond acceptors (Lipinski definition) is 5. The second-order valence-electron chi connectivity index (χ2n) is 10.4. The van der Waals surface area contributed by atoms with E-state index in [2.05, 4.69) is 68.3 Å². The summed E-state index contributed by atoms with van der Waals surface area (Å²) in [6.45, 7) is 8.11. The predicted octanol–water partition coefficient (Wildman–Crippen LogP) is 7.39. The summed E-state index contributed by atoms with van der Waals surface area (Å²) in [4.78, 5) is 2.24. The third kappa shape index (κ3) is 4.51. The first-order chi connectivity index (χ1) is 17.6. The number of nitriles is 3. The molecule has 0 amide bonds. The summed E-state index contributed by atoms with van der Waals surface area (Å²) in [5, 5.41) is 29.1. The lowest BCUT2D eigenvalue weighted by molar-refractivity contribution is 0.0954. The van der Waals surface area contributed by atoms with Crippen molar-refractivity contribution in [3.05, 3.63) is 98.5 Å². The molecule has 1 aromatic carbocycles. The first kappa shape index (κ1) is 26.1. The number of para-hydroxylation sites is 1. The molecule has 1 aromatic rings. The Morgan fingerprint density at radius 2 is 1.73 bits per heavy atom. The number of rotatable bonds is 3. The normalized spacial score (nSPS) is 22.2. The number of benzene rings is 1. The zero-order valence-corrected chi connectivity index (χ0v) is 22.6. The van der Waals surface area contributed by atoms with Gasteiger partial charge in [0.25, 0.3) is 0 Å². The van der Waals surface area contributed by atoms with Crippen molar-refractivity contribution < 1.29 is 4.74 Å². The van der Waals surface area contributed by atoms with Crippen LogP contribution >= 0.6 is 11.6 Å². The van der Waals surface area contributed by atoms with Gasteiger partial charge in [0, 0.05) is 34.5 Å². The van der Waals surface area contributed by atoms with Crippen LogP contribution in [0.25, 0.3) is 0 Å². The number of allylic oxidation sites excluding steroid dienone is 9. The number of anilines is 1. The SMILES string of the molecule is CN1/C(=C/C=C2\CCCC(/C=C/C3=C(C#N)C(=C(C#N)C#N)OC3(C)C)=C2Cl)C(C)(C)c2ccccc21. The van der Waals surface area contributed by atoms with E-state index in [4.69, 9.17) is 16.3 Å². The first-order valence-corrected chi connectivity index (χ1v) is 12.6. The third-order valence-electron chi connectivity index (χ3n) is 7.35. The van der Waals surface area contributed by atoms with Crippen molar-refractivity contribution in [3.63, 3.8) is 0 Å². The monoisotopic (exact) mass is 508 g/mol. The highest BCUT2D eigenvalue weighted by Gasteiger charge is 2.39. The average molecular weight is 509 g/mol. The van der Waals surface area contributed by atoms with Crippen molar-refractivity contribution in [2.24, 2.45) is 0 Å². The summed E-state index contributed by atoms with van der Waals surface area (Å²) in [6.07, 6.45) is 10.7. The minimum absolute atomic E-state index is 0.0392. The topological polar surface area (TPSA) is 83.8 Å². The largest absolute Gasteiger partial charge is 0.480 e. The summed E-state index contributed by atoms with van der Waals surface area (Å²) >= 11 is 6.89. The number of halogens is 1. The molecule has 0 radical (unpaired) electrons. The molecule has 3 aliphatic rings. The van der Waals surface area contributed by atoms with Crippen LogP contribution in [0.3, 0.4) is 0 Å². The Kier molecular flexibility index (Phi) is 6.92. The second kappa shape index (κ2) is 9.82. The lowest BCUT2D eigenvalue weighted by atomic mass is 9.83. The third-order valence-corrected chi connectivity index (χ3v) is 7.84. The van der Waals surface area contributed by atoms with E-state index >= 15 is 0 Å². The molecule has 4 rings (SSSR count). The van der Waals surface area contributed by atoms with Gasteiger partial charge in [0.05, 0.1) is 0 Å². The molecule has 0 aromatic heterocycles. The Labute approximate surface area is 224 Å². The number of ether oxygens (including phenoxy) is 1. The van der Waals surface area contributed by atoms with Crippen LogP contribution in [-0.4, -0.2) is 12.6 Å². The lowest BCUT2D eigenvalue weighted by Crippen LogP contribution is -2.22. The van der Waals surface area contributed by atoms with E-state index in [1.807, 2.05) is 38.1 Å². The van der Waals surface area contributed by atoms with Gasteiger partial charge < -0.3 is 9.64 Å². The summed E-state index contributed by atoms with van der Waals surface area (Å²) in [7, 11) is 2.10. The summed E-state index contributed by atoms with van der Waals surface area (Å²) in [5.74, 6) is 0.0392. The van der Waals surface area contributed by atoms with Gasteiger partial charge >= 0.3 is 0 Å². The van der Waals surface area contributed by atoms with Gasteiger partial charge in [-0.2, -0.15) is 15.8 Å². The van der Waals surface area contributed by atoms with E-state index in [9.17, 15) is 15.8 Å². The molecule has 0 saturated heterocycles. The van der Waals surface area contributed by atoms with Gasteiger partial charge in [-0.1, -0.05) is 61.9 Å². The van der Waals surface area contributed by atoms with Crippen molar-refractivity contribution in [2.45, 2.75) is 58.0 Å². The van der Waals surface area contributed by atoms with Gasteiger partial charge in [-0.25, -0.2) is 0 Å². The standard InChI is InChI=1S/C31H29ClN4O/c1-30(2)25-11-6-7-12-26(25)36(5)27(30)16-14-21-10-8-9-20(28(21)32)13-15-24-23(19-35)29(22(17-33)18-34)37-31(24,3)4/h6-7,11-16H,8-10H2,1-5H3/b15-13+,21-14+,27-16+. The van der Waals surface area contributed by atoms with Crippen molar-refractivity contribution in [3.8, 4) is 18.2 Å².